The molecular formula is C19H18F3NO5. The molecule has 0 bridgehead atoms. The number of benzene rings is 2. The van der Waals surface area contributed by atoms with Crippen molar-refractivity contribution < 1.29 is 37.0 Å². The second kappa shape index (κ2) is 9.12. The van der Waals surface area contributed by atoms with E-state index in [-0.39, 0.29) is 17.9 Å². The Bertz CT molecular complexity index is 852. The zero-order valence-electron chi connectivity index (χ0n) is 15.1. The third kappa shape index (κ3) is 5.63. The molecule has 0 fully saturated rings. The lowest BCUT2D eigenvalue weighted by Crippen LogP contribution is -2.28. The zero-order chi connectivity index (χ0) is 20.7. The molecule has 2 rings (SSSR count). The summed E-state index contributed by atoms with van der Waals surface area (Å²) < 4.78 is 52.9. The standard InChI is InChI=1S/C19H18F3NO5/c1-26-16-7-6-12(8-15(16)18(25)27-2)10-23-17(24)11-28-14-5-3-4-13(9-14)19(20,21)22/h3-9H,10-11H2,1-2H3,(H,23,24). The molecule has 0 aliphatic rings. The van der Waals surface area contributed by atoms with Gasteiger partial charge in [-0.25, -0.2) is 4.79 Å². The van der Waals surface area contributed by atoms with E-state index in [0.29, 0.717) is 11.3 Å². The number of hydrogen-bond donors (Lipinski definition) is 1. The van der Waals surface area contributed by atoms with Crippen molar-refractivity contribution in [2.75, 3.05) is 20.8 Å². The summed E-state index contributed by atoms with van der Waals surface area (Å²) in [5.41, 5.74) is -0.0513. The number of carbonyl (C=O) groups excluding carboxylic acids is 2. The zero-order valence-corrected chi connectivity index (χ0v) is 15.1. The van der Waals surface area contributed by atoms with Gasteiger partial charge in [0.25, 0.3) is 5.91 Å². The third-order valence-electron chi connectivity index (χ3n) is 3.69. The fourth-order valence-corrected chi connectivity index (χ4v) is 2.30. The second-order valence-corrected chi connectivity index (χ2v) is 5.62. The minimum atomic E-state index is -4.49. The van der Waals surface area contributed by atoms with E-state index < -0.39 is 30.2 Å². The maximum absolute atomic E-state index is 12.7. The minimum absolute atomic E-state index is 0.0672. The van der Waals surface area contributed by atoms with Crippen LogP contribution in [0.3, 0.4) is 0 Å². The predicted molar refractivity (Wildman–Crippen MR) is 93.1 cm³/mol. The number of esters is 1. The minimum Gasteiger partial charge on any atom is -0.496 e. The van der Waals surface area contributed by atoms with E-state index in [1.807, 2.05) is 0 Å². The maximum Gasteiger partial charge on any atom is 0.416 e. The molecule has 0 aliphatic heterocycles. The normalized spacial score (nSPS) is 10.9. The SMILES string of the molecule is COC(=O)c1cc(CNC(=O)COc2cccc(C(F)(F)F)c2)ccc1OC. The number of rotatable bonds is 7. The van der Waals surface area contributed by atoms with E-state index in [1.165, 1.54) is 32.4 Å². The van der Waals surface area contributed by atoms with Gasteiger partial charge in [-0.1, -0.05) is 12.1 Å². The molecule has 0 spiro atoms. The molecule has 28 heavy (non-hydrogen) atoms. The van der Waals surface area contributed by atoms with Crippen LogP contribution < -0.4 is 14.8 Å². The Kier molecular flexibility index (Phi) is 6.86. The molecular weight excluding hydrogens is 379 g/mol. The average Bonchev–Trinajstić information content (AvgIpc) is 2.69. The van der Waals surface area contributed by atoms with Gasteiger partial charge in [0.05, 0.1) is 19.8 Å². The number of halogens is 3. The largest absolute Gasteiger partial charge is 0.496 e. The predicted octanol–water partition coefficient (Wildman–Crippen LogP) is 3.20. The fourth-order valence-electron chi connectivity index (χ4n) is 2.30. The van der Waals surface area contributed by atoms with Gasteiger partial charge >= 0.3 is 12.1 Å². The number of carbonyl (C=O) groups is 2. The number of ether oxygens (including phenoxy) is 3. The van der Waals surface area contributed by atoms with Crippen molar-refractivity contribution in [3.8, 4) is 11.5 Å². The van der Waals surface area contributed by atoms with Crippen molar-refractivity contribution in [1.29, 1.82) is 0 Å². The van der Waals surface area contributed by atoms with Crippen LogP contribution in [0, 0.1) is 0 Å². The highest BCUT2D eigenvalue weighted by Gasteiger charge is 2.30. The van der Waals surface area contributed by atoms with Crippen molar-refractivity contribution in [2.45, 2.75) is 12.7 Å². The van der Waals surface area contributed by atoms with Crippen molar-refractivity contribution in [2.24, 2.45) is 0 Å². The van der Waals surface area contributed by atoms with Gasteiger partial charge in [0.1, 0.15) is 17.1 Å². The number of methoxy groups -OCH3 is 2. The molecule has 2 aromatic rings. The smallest absolute Gasteiger partial charge is 0.416 e. The Morgan fingerprint density at radius 2 is 1.82 bits per heavy atom. The molecule has 0 aliphatic carbocycles. The number of alkyl halides is 3. The van der Waals surface area contributed by atoms with Gasteiger partial charge < -0.3 is 19.5 Å². The van der Waals surface area contributed by atoms with Crippen LogP contribution >= 0.6 is 0 Å². The Morgan fingerprint density at radius 1 is 1.07 bits per heavy atom. The highest BCUT2D eigenvalue weighted by Crippen LogP contribution is 2.31. The van der Waals surface area contributed by atoms with Crippen LogP contribution in [0.1, 0.15) is 21.5 Å². The Morgan fingerprint density at radius 3 is 2.46 bits per heavy atom. The lowest BCUT2D eigenvalue weighted by Gasteiger charge is -2.11. The van der Waals surface area contributed by atoms with Gasteiger partial charge in [0.15, 0.2) is 6.61 Å². The molecule has 1 N–H and O–H groups in total. The Balaban J connectivity index is 1.93. The molecule has 2 aromatic carbocycles. The first-order valence-corrected chi connectivity index (χ1v) is 8.06. The first-order valence-electron chi connectivity index (χ1n) is 8.06. The van der Waals surface area contributed by atoms with Crippen LogP contribution in [-0.4, -0.2) is 32.7 Å². The lowest BCUT2D eigenvalue weighted by molar-refractivity contribution is -0.137. The summed E-state index contributed by atoms with van der Waals surface area (Å²) in [5, 5.41) is 2.56. The van der Waals surface area contributed by atoms with Gasteiger partial charge in [0.2, 0.25) is 0 Å². The molecule has 0 heterocycles. The highest BCUT2D eigenvalue weighted by molar-refractivity contribution is 5.92. The summed E-state index contributed by atoms with van der Waals surface area (Å²) in [6, 6.07) is 8.98. The van der Waals surface area contributed by atoms with Gasteiger partial charge in [0, 0.05) is 6.54 Å². The number of amides is 1. The Hall–Kier alpha value is -3.23. The summed E-state index contributed by atoms with van der Waals surface area (Å²) in [4.78, 5) is 23.6. The van der Waals surface area contributed by atoms with Gasteiger partial charge in [-0.2, -0.15) is 13.2 Å². The number of hydrogen-bond acceptors (Lipinski definition) is 5. The van der Waals surface area contributed by atoms with Crippen molar-refractivity contribution in [3.05, 3.63) is 59.2 Å². The van der Waals surface area contributed by atoms with Crippen molar-refractivity contribution in [1.82, 2.24) is 5.32 Å². The summed E-state index contributed by atoms with van der Waals surface area (Å²) in [7, 11) is 2.65. The van der Waals surface area contributed by atoms with Gasteiger partial charge in [-0.05, 0) is 35.9 Å². The van der Waals surface area contributed by atoms with Gasteiger partial charge in [-0.3, -0.25) is 4.79 Å². The fraction of sp³-hybridized carbons (Fsp3) is 0.263. The lowest BCUT2D eigenvalue weighted by atomic mass is 10.1. The highest BCUT2D eigenvalue weighted by atomic mass is 19.4. The molecule has 0 saturated carbocycles. The first kappa shape index (κ1) is 21.1. The molecule has 0 unspecified atom stereocenters. The number of nitrogens with one attached hydrogen (secondary N) is 1. The van der Waals surface area contributed by atoms with Crippen LogP contribution in [0.15, 0.2) is 42.5 Å². The molecule has 0 atom stereocenters. The van der Waals surface area contributed by atoms with E-state index >= 15 is 0 Å². The summed E-state index contributed by atoms with van der Waals surface area (Å²) in [6.45, 7) is -0.375. The van der Waals surface area contributed by atoms with Crippen LogP contribution in [0.25, 0.3) is 0 Å². The molecule has 9 heteroatoms. The van der Waals surface area contributed by atoms with E-state index in [9.17, 15) is 22.8 Å². The molecule has 6 nitrogen and oxygen atoms in total. The first-order chi connectivity index (χ1) is 13.2. The molecule has 0 radical (unpaired) electrons. The second-order valence-electron chi connectivity index (χ2n) is 5.62. The van der Waals surface area contributed by atoms with E-state index in [1.54, 1.807) is 12.1 Å². The summed E-state index contributed by atoms with van der Waals surface area (Å²) in [5.74, 6) is -0.858. The quantitative estimate of drug-likeness (QED) is 0.727. The van der Waals surface area contributed by atoms with Crippen molar-refractivity contribution in [3.63, 3.8) is 0 Å². The molecule has 0 aromatic heterocycles. The monoisotopic (exact) mass is 397 g/mol. The topological polar surface area (TPSA) is 73.9 Å². The van der Waals surface area contributed by atoms with Crippen molar-refractivity contribution >= 4 is 11.9 Å². The third-order valence-corrected chi connectivity index (χ3v) is 3.69. The van der Waals surface area contributed by atoms with Crippen LogP contribution in [0.2, 0.25) is 0 Å². The van der Waals surface area contributed by atoms with E-state index in [4.69, 9.17) is 9.47 Å². The van der Waals surface area contributed by atoms with Crippen LogP contribution in [0.4, 0.5) is 13.2 Å². The van der Waals surface area contributed by atoms with Gasteiger partial charge in [-0.15, -0.1) is 0 Å². The van der Waals surface area contributed by atoms with E-state index in [0.717, 1.165) is 12.1 Å². The summed E-state index contributed by atoms with van der Waals surface area (Å²) in [6.07, 6.45) is -4.49. The average molecular weight is 397 g/mol. The summed E-state index contributed by atoms with van der Waals surface area (Å²) >= 11 is 0. The molecule has 1 amide bonds. The molecule has 0 saturated heterocycles. The Labute approximate surface area is 159 Å². The van der Waals surface area contributed by atoms with Crippen LogP contribution in [-0.2, 0) is 22.3 Å². The van der Waals surface area contributed by atoms with Crippen LogP contribution in [0.5, 0.6) is 11.5 Å². The van der Waals surface area contributed by atoms with E-state index in [2.05, 4.69) is 10.1 Å². The molecule has 150 valence electrons. The maximum atomic E-state index is 12.7.